The Hall–Kier alpha value is -7.67. The summed E-state index contributed by atoms with van der Waals surface area (Å²) in [6.07, 6.45) is 0. The van der Waals surface area contributed by atoms with Gasteiger partial charge in [0.1, 0.15) is 0 Å². The molecule has 10 aromatic rings. The Balaban J connectivity index is 1.23. The summed E-state index contributed by atoms with van der Waals surface area (Å²) in [5.41, 5.74) is 11.8. The van der Waals surface area contributed by atoms with Gasteiger partial charge in [-0.3, -0.25) is 0 Å². The van der Waals surface area contributed by atoms with E-state index in [0.717, 1.165) is 55.9 Å². The van der Waals surface area contributed by atoms with E-state index in [9.17, 15) is 5.26 Å². The van der Waals surface area contributed by atoms with Crippen molar-refractivity contribution >= 4 is 32.3 Å². The first-order valence-electron chi connectivity index (χ1n) is 18.8. The van der Waals surface area contributed by atoms with Crippen molar-refractivity contribution in [2.45, 2.75) is 0 Å². The molecule has 0 saturated carbocycles. The summed E-state index contributed by atoms with van der Waals surface area (Å²) in [7, 11) is 0. The second-order valence-corrected chi connectivity index (χ2v) is 14.0. The van der Waals surface area contributed by atoms with Crippen molar-refractivity contribution in [2.24, 2.45) is 0 Å². The van der Waals surface area contributed by atoms with Crippen LogP contribution in [-0.2, 0) is 0 Å². The van der Waals surface area contributed by atoms with E-state index in [-0.39, 0.29) is 0 Å². The maximum Gasteiger partial charge on any atom is 0.161 e. The average Bonchev–Trinajstić information content (AvgIpc) is 3.28. The fourth-order valence-electron chi connectivity index (χ4n) is 8.03. The molecule has 1 aromatic heterocycles. The minimum atomic E-state index is 0.637. The van der Waals surface area contributed by atoms with Gasteiger partial charge in [0.05, 0.1) is 23.0 Å². The Bertz CT molecular complexity index is 3140. The van der Waals surface area contributed by atoms with Gasteiger partial charge in [-0.05, 0) is 96.0 Å². The molecule has 260 valence electrons. The lowest BCUT2D eigenvalue weighted by Crippen LogP contribution is -1.99. The largest absolute Gasteiger partial charge is 0.228 e. The summed E-state index contributed by atoms with van der Waals surface area (Å²) in [5.74, 6) is 0.654. The Morgan fingerprint density at radius 3 is 1.77 bits per heavy atom. The monoisotopic (exact) mass is 711 g/mol. The maximum atomic E-state index is 9.40. The van der Waals surface area contributed by atoms with Gasteiger partial charge in [0, 0.05) is 16.7 Å². The van der Waals surface area contributed by atoms with Crippen LogP contribution in [0.3, 0.4) is 0 Å². The number of rotatable bonds is 6. The van der Waals surface area contributed by atoms with Crippen molar-refractivity contribution in [3.63, 3.8) is 0 Å². The lowest BCUT2D eigenvalue weighted by atomic mass is 9.87. The second kappa shape index (κ2) is 14.0. The molecule has 0 radical (unpaired) electrons. The van der Waals surface area contributed by atoms with Crippen LogP contribution >= 0.6 is 0 Å². The molecule has 10 rings (SSSR count). The van der Waals surface area contributed by atoms with Gasteiger partial charge >= 0.3 is 0 Å². The van der Waals surface area contributed by atoms with Gasteiger partial charge < -0.3 is 0 Å². The predicted octanol–water partition coefficient (Wildman–Crippen LogP) is 13.8. The van der Waals surface area contributed by atoms with E-state index >= 15 is 0 Å². The topological polar surface area (TPSA) is 49.6 Å². The summed E-state index contributed by atoms with van der Waals surface area (Å²) in [5, 5.41) is 16.6. The highest BCUT2D eigenvalue weighted by atomic mass is 14.9. The van der Waals surface area contributed by atoms with Crippen LogP contribution in [0.5, 0.6) is 0 Å². The van der Waals surface area contributed by atoms with Gasteiger partial charge in [0.25, 0.3) is 0 Å². The number of hydrogen-bond acceptors (Lipinski definition) is 3. The van der Waals surface area contributed by atoms with Crippen molar-refractivity contribution in [1.29, 1.82) is 5.26 Å². The van der Waals surface area contributed by atoms with Crippen LogP contribution in [0.15, 0.2) is 200 Å². The highest BCUT2D eigenvalue weighted by Gasteiger charge is 2.20. The van der Waals surface area contributed by atoms with E-state index in [1.807, 2.05) is 30.3 Å². The Kier molecular flexibility index (Phi) is 8.21. The Morgan fingerprint density at radius 2 is 0.964 bits per heavy atom. The quantitative estimate of drug-likeness (QED) is 0.127. The van der Waals surface area contributed by atoms with E-state index in [1.165, 1.54) is 37.9 Å². The summed E-state index contributed by atoms with van der Waals surface area (Å²) in [4.78, 5) is 10.8. The fourth-order valence-corrected chi connectivity index (χ4v) is 8.03. The number of fused-ring (bicyclic) bond motifs is 4. The number of hydrogen-bond donors (Lipinski definition) is 0. The first kappa shape index (κ1) is 32.9. The maximum absolute atomic E-state index is 9.40. The van der Waals surface area contributed by atoms with Crippen LogP contribution in [0.4, 0.5) is 0 Å². The number of aromatic nitrogens is 2. The van der Waals surface area contributed by atoms with Crippen molar-refractivity contribution in [3.8, 4) is 73.4 Å². The lowest BCUT2D eigenvalue weighted by Gasteiger charge is -2.18. The summed E-state index contributed by atoms with van der Waals surface area (Å²) in [6, 6.07) is 72.2. The summed E-state index contributed by atoms with van der Waals surface area (Å²) in [6.45, 7) is 0. The van der Waals surface area contributed by atoms with E-state index in [4.69, 9.17) is 9.97 Å². The molecule has 0 aliphatic carbocycles. The number of nitrogens with zero attached hydrogens (tertiary/aromatic N) is 3. The van der Waals surface area contributed by atoms with E-state index in [0.29, 0.717) is 11.4 Å². The van der Waals surface area contributed by atoms with Crippen molar-refractivity contribution < 1.29 is 0 Å². The zero-order valence-corrected chi connectivity index (χ0v) is 30.4. The number of benzene rings is 9. The zero-order chi connectivity index (χ0) is 37.4. The highest BCUT2D eigenvalue weighted by molar-refractivity contribution is 6.21. The Morgan fingerprint density at radius 1 is 0.339 bits per heavy atom. The van der Waals surface area contributed by atoms with Gasteiger partial charge in [0.2, 0.25) is 0 Å². The molecule has 0 amide bonds. The standard InChI is InChI=1S/C53H33N3/c54-34-35-25-27-36(28-26-35)39-17-12-18-41(31-39)50-33-51(45-22-9-8-19-42(45)37-13-2-1-3-14-37)56-53(55-50)48-24-11-10-23-46(48)52-44-21-7-5-16-40(44)32-49-43-20-6-4-15-38(43)29-30-47(49)52/h1-33H. The highest BCUT2D eigenvalue weighted by Crippen LogP contribution is 2.43. The molecule has 3 heteroatoms. The normalized spacial score (nSPS) is 11.2. The Labute approximate surface area is 325 Å². The van der Waals surface area contributed by atoms with Crippen LogP contribution < -0.4 is 0 Å². The van der Waals surface area contributed by atoms with Gasteiger partial charge in [-0.25, -0.2) is 9.97 Å². The van der Waals surface area contributed by atoms with Gasteiger partial charge in [-0.2, -0.15) is 5.26 Å². The molecule has 0 bridgehead atoms. The second-order valence-electron chi connectivity index (χ2n) is 14.0. The minimum absolute atomic E-state index is 0.637. The molecule has 56 heavy (non-hydrogen) atoms. The van der Waals surface area contributed by atoms with E-state index in [2.05, 4.69) is 176 Å². The third-order valence-corrected chi connectivity index (χ3v) is 10.7. The molecule has 0 aliphatic rings. The van der Waals surface area contributed by atoms with Crippen molar-refractivity contribution in [1.82, 2.24) is 9.97 Å². The molecular weight excluding hydrogens is 679 g/mol. The summed E-state index contributed by atoms with van der Waals surface area (Å²) < 4.78 is 0. The van der Waals surface area contributed by atoms with E-state index in [1.54, 1.807) is 0 Å². The predicted molar refractivity (Wildman–Crippen MR) is 232 cm³/mol. The third kappa shape index (κ3) is 5.87. The van der Waals surface area contributed by atoms with Crippen LogP contribution in [0.1, 0.15) is 5.56 Å². The molecule has 0 atom stereocenters. The average molecular weight is 712 g/mol. The summed E-state index contributed by atoms with van der Waals surface area (Å²) >= 11 is 0. The van der Waals surface area contributed by atoms with Crippen molar-refractivity contribution in [2.75, 3.05) is 0 Å². The molecule has 3 nitrogen and oxygen atoms in total. The molecular formula is C53H33N3. The van der Waals surface area contributed by atoms with Crippen LogP contribution in [0, 0.1) is 11.3 Å². The zero-order valence-electron chi connectivity index (χ0n) is 30.4. The van der Waals surface area contributed by atoms with E-state index < -0.39 is 0 Å². The molecule has 0 N–H and O–H groups in total. The molecule has 0 fully saturated rings. The smallest absolute Gasteiger partial charge is 0.161 e. The number of nitriles is 1. The van der Waals surface area contributed by atoms with Crippen LogP contribution in [-0.4, -0.2) is 9.97 Å². The SMILES string of the molecule is N#Cc1ccc(-c2cccc(-c3cc(-c4ccccc4-c4ccccc4)nc(-c4ccccc4-c4c5ccccc5cc5c4ccc4ccccc45)n3)c2)cc1. The minimum Gasteiger partial charge on any atom is -0.228 e. The van der Waals surface area contributed by atoms with Crippen molar-refractivity contribution in [3.05, 3.63) is 206 Å². The van der Waals surface area contributed by atoms with Crippen LogP contribution in [0.2, 0.25) is 0 Å². The molecule has 0 unspecified atom stereocenters. The first-order chi connectivity index (χ1) is 27.7. The molecule has 0 aliphatic heterocycles. The van der Waals surface area contributed by atoms with Gasteiger partial charge in [-0.1, -0.05) is 170 Å². The third-order valence-electron chi connectivity index (χ3n) is 10.7. The molecule has 1 heterocycles. The lowest BCUT2D eigenvalue weighted by molar-refractivity contribution is 1.18. The molecule has 9 aromatic carbocycles. The fraction of sp³-hybridized carbons (Fsp3) is 0. The van der Waals surface area contributed by atoms with Gasteiger partial charge in [-0.15, -0.1) is 0 Å². The first-order valence-corrected chi connectivity index (χ1v) is 18.8. The van der Waals surface area contributed by atoms with Gasteiger partial charge in [0.15, 0.2) is 5.82 Å². The molecule has 0 saturated heterocycles. The molecule has 0 spiro atoms. The van der Waals surface area contributed by atoms with Crippen LogP contribution in [0.25, 0.3) is 99.6 Å².